The predicted octanol–water partition coefficient (Wildman–Crippen LogP) is 1.58. The molecule has 3 heterocycles. The number of rotatable bonds is 3. The number of likely N-dealkylation sites (tertiary alicyclic amines) is 1. The molecule has 2 aliphatic heterocycles. The normalized spacial score (nSPS) is 21.1. The Hall–Kier alpha value is -2.32. The number of hydrogen-bond donors (Lipinski definition) is 1. The monoisotopic (exact) mass is 393 g/mol. The number of fused-ring (bicyclic) bond motifs is 1. The van der Waals surface area contributed by atoms with Crippen molar-refractivity contribution in [2.45, 2.75) is 20.3 Å². The summed E-state index contributed by atoms with van der Waals surface area (Å²) in [5.74, 6) is 1.30. The van der Waals surface area contributed by atoms with Crippen LogP contribution in [0.2, 0.25) is 0 Å². The zero-order chi connectivity index (χ0) is 18.3. The second kappa shape index (κ2) is 7.36. The van der Waals surface area contributed by atoms with Gasteiger partial charge in [0, 0.05) is 19.2 Å². The van der Waals surface area contributed by atoms with Crippen molar-refractivity contribution in [3.8, 4) is 17.2 Å². The molecule has 0 saturated carbocycles. The van der Waals surface area contributed by atoms with E-state index in [0.29, 0.717) is 55.7 Å². The van der Waals surface area contributed by atoms with E-state index in [9.17, 15) is 4.79 Å². The Morgan fingerprint density at radius 1 is 1.30 bits per heavy atom. The molecule has 8 nitrogen and oxygen atoms in total. The molecule has 4 rings (SSSR count). The van der Waals surface area contributed by atoms with Gasteiger partial charge < -0.3 is 20.1 Å². The first kappa shape index (κ1) is 19.4. The van der Waals surface area contributed by atoms with Crippen molar-refractivity contribution in [2.24, 2.45) is 11.1 Å². The maximum atomic E-state index is 12.9. The Bertz CT molecular complexity index is 856. The molecule has 1 saturated heterocycles. The van der Waals surface area contributed by atoms with Crippen molar-refractivity contribution in [2.75, 3.05) is 32.8 Å². The molecule has 1 unspecified atom stereocenters. The van der Waals surface area contributed by atoms with Crippen molar-refractivity contribution in [3.63, 3.8) is 0 Å². The van der Waals surface area contributed by atoms with Gasteiger partial charge in [-0.15, -0.1) is 17.5 Å². The smallest absolute Gasteiger partial charge is 0.276 e. The maximum absolute atomic E-state index is 12.9. The molecule has 0 radical (unpaired) electrons. The highest BCUT2D eigenvalue weighted by molar-refractivity contribution is 5.93. The molecule has 1 amide bonds. The lowest BCUT2D eigenvalue weighted by Crippen LogP contribution is -2.35. The van der Waals surface area contributed by atoms with Crippen molar-refractivity contribution < 1.29 is 14.3 Å². The lowest BCUT2D eigenvalue weighted by molar-refractivity contribution is 0.0770. The van der Waals surface area contributed by atoms with E-state index < -0.39 is 0 Å². The fraction of sp³-hybridized carbons (Fsp3) is 0.500. The van der Waals surface area contributed by atoms with Crippen LogP contribution in [0.5, 0.6) is 11.5 Å². The average molecular weight is 394 g/mol. The second-order valence-electron chi connectivity index (χ2n) is 7.25. The molecule has 0 spiro atoms. The fourth-order valence-electron chi connectivity index (χ4n) is 3.45. The third kappa shape index (κ3) is 3.46. The van der Waals surface area contributed by atoms with E-state index >= 15 is 0 Å². The minimum absolute atomic E-state index is 0. The van der Waals surface area contributed by atoms with Gasteiger partial charge in [0.1, 0.15) is 13.2 Å². The van der Waals surface area contributed by atoms with Crippen LogP contribution in [0.15, 0.2) is 18.2 Å². The van der Waals surface area contributed by atoms with Gasteiger partial charge in [-0.1, -0.05) is 12.1 Å². The van der Waals surface area contributed by atoms with Gasteiger partial charge in [0.05, 0.1) is 11.4 Å². The Balaban J connectivity index is 0.00000210. The number of nitrogens with zero attached hydrogens (tertiary/aromatic N) is 4. The van der Waals surface area contributed by atoms with E-state index in [1.54, 1.807) is 4.68 Å². The second-order valence-corrected chi connectivity index (χ2v) is 7.25. The molecule has 2 aromatic rings. The summed E-state index contributed by atoms with van der Waals surface area (Å²) < 4.78 is 12.8. The van der Waals surface area contributed by atoms with Crippen LogP contribution in [0.3, 0.4) is 0 Å². The lowest BCUT2D eigenvalue weighted by atomic mass is 9.90. The quantitative estimate of drug-likeness (QED) is 0.850. The molecule has 27 heavy (non-hydrogen) atoms. The van der Waals surface area contributed by atoms with E-state index in [2.05, 4.69) is 17.2 Å². The molecule has 0 aliphatic carbocycles. The lowest BCUT2D eigenvalue weighted by Gasteiger charge is -2.22. The summed E-state index contributed by atoms with van der Waals surface area (Å²) in [5.41, 5.74) is 7.69. The summed E-state index contributed by atoms with van der Waals surface area (Å²) in [5, 5.41) is 8.32. The number of carbonyl (C=O) groups excluding carboxylic acids is 1. The summed E-state index contributed by atoms with van der Waals surface area (Å²) in [7, 11) is 0. The highest BCUT2D eigenvalue weighted by atomic mass is 35.5. The molecule has 2 aliphatic rings. The zero-order valence-electron chi connectivity index (χ0n) is 15.5. The van der Waals surface area contributed by atoms with Crippen LogP contribution in [0.1, 0.15) is 29.5 Å². The van der Waals surface area contributed by atoms with E-state index in [1.807, 2.05) is 30.0 Å². The molecule has 1 atom stereocenters. The van der Waals surface area contributed by atoms with Crippen LogP contribution in [0, 0.1) is 12.3 Å². The van der Waals surface area contributed by atoms with Gasteiger partial charge in [0.15, 0.2) is 17.2 Å². The zero-order valence-corrected chi connectivity index (χ0v) is 16.3. The molecular formula is C18H24ClN5O3. The maximum Gasteiger partial charge on any atom is 0.276 e. The van der Waals surface area contributed by atoms with Crippen LogP contribution in [-0.4, -0.2) is 58.6 Å². The van der Waals surface area contributed by atoms with E-state index in [-0.39, 0.29) is 23.7 Å². The van der Waals surface area contributed by atoms with Gasteiger partial charge in [-0.25, -0.2) is 4.68 Å². The standard InChI is InChI=1S/C18H23N5O3.ClH/c1-12-16(17(24)22-6-5-18(2,10-19)11-22)20-21-23(12)13-3-4-14-15(9-13)26-8-7-25-14;/h3-4,9H,5-8,10-11,19H2,1-2H3;1H. The minimum atomic E-state index is -0.0940. The number of benzene rings is 1. The topological polar surface area (TPSA) is 95.5 Å². The summed E-state index contributed by atoms with van der Waals surface area (Å²) in [6, 6.07) is 5.58. The van der Waals surface area contributed by atoms with E-state index in [4.69, 9.17) is 15.2 Å². The van der Waals surface area contributed by atoms with Gasteiger partial charge in [0.2, 0.25) is 0 Å². The number of amides is 1. The van der Waals surface area contributed by atoms with Crippen LogP contribution in [0.4, 0.5) is 0 Å². The molecule has 0 bridgehead atoms. The Kier molecular flexibility index (Phi) is 5.30. The number of nitrogens with two attached hydrogens (primary N) is 1. The van der Waals surface area contributed by atoms with Crippen molar-refractivity contribution in [1.29, 1.82) is 0 Å². The number of halogens is 1. The Morgan fingerprint density at radius 2 is 2.04 bits per heavy atom. The molecule has 9 heteroatoms. The fourth-order valence-corrected chi connectivity index (χ4v) is 3.45. The molecular weight excluding hydrogens is 370 g/mol. The largest absolute Gasteiger partial charge is 0.486 e. The van der Waals surface area contributed by atoms with Gasteiger partial charge >= 0.3 is 0 Å². The predicted molar refractivity (Wildman–Crippen MR) is 102 cm³/mol. The highest BCUT2D eigenvalue weighted by Crippen LogP contribution is 2.33. The number of aromatic nitrogens is 3. The van der Waals surface area contributed by atoms with Gasteiger partial charge in [-0.2, -0.15) is 0 Å². The summed E-state index contributed by atoms with van der Waals surface area (Å²) in [6.07, 6.45) is 0.907. The minimum Gasteiger partial charge on any atom is -0.486 e. The van der Waals surface area contributed by atoms with Crippen LogP contribution in [-0.2, 0) is 0 Å². The summed E-state index contributed by atoms with van der Waals surface area (Å²) in [4.78, 5) is 14.7. The highest BCUT2D eigenvalue weighted by Gasteiger charge is 2.36. The first-order valence-electron chi connectivity index (χ1n) is 8.82. The molecule has 1 aromatic carbocycles. The first-order chi connectivity index (χ1) is 12.5. The third-order valence-corrected chi connectivity index (χ3v) is 5.21. The number of carbonyl (C=O) groups is 1. The third-order valence-electron chi connectivity index (χ3n) is 5.21. The van der Waals surface area contributed by atoms with Crippen LogP contribution < -0.4 is 15.2 Å². The summed E-state index contributed by atoms with van der Waals surface area (Å²) in [6.45, 7) is 6.94. The Morgan fingerprint density at radius 3 is 2.74 bits per heavy atom. The number of hydrogen-bond acceptors (Lipinski definition) is 6. The van der Waals surface area contributed by atoms with Gasteiger partial charge in [-0.3, -0.25) is 4.79 Å². The average Bonchev–Trinajstić information content (AvgIpc) is 3.25. The van der Waals surface area contributed by atoms with E-state index in [0.717, 1.165) is 12.1 Å². The van der Waals surface area contributed by atoms with Crippen molar-refractivity contribution in [3.05, 3.63) is 29.6 Å². The molecule has 1 fully saturated rings. The van der Waals surface area contributed by atoms with Crippen LogP contribution in [0.25, 0.3) is 5.69 Å². The molecule has 2 N–H and O–H groups in total. The van der Waals surface area contributed by atoms with E-state index in [1.165, 1.54) is 0 Å². The Labute approximate surface area is 164 Å². The van der Waals surface area contributed by atoms with Gasteiger partial charge in [0.25, 0.3) is 5.91 Å². The number of ether oxygens (including phenoxy) is 2. The molecule has 146 valence electrons. The summed E-state index contributed by atoms with van der Waals surface area (Å²) >= 11 is 0. The van der Waals surface area contributed by atoms with Crippen molar-refractivity contribution >= 4 is 18.3 Å². The molecule has 1 aromatic heterocycles. The van der Waals surface area contributed by atoms with Gasteiger partial charge in [-0.05, 0) is 37.4 Å². The SMILES string of the molecule is Cc1c(C(=O)N2CCC(C)(CN)C2)nnn1-c1ccc2c(c1)OCCO2.Cl. The van der Waals surface area contributed by atoms with Crippen molar-refractivity contribution in [1.82, 2.24) is 19.9 Å². The van der Waals surface area contributed by atoms with Crippen LogP contribution >= 0.6 is 12.4 Å². The first-order valence-corrected chi connectivity index (χ1v) is 8.82.